The van der Waals surface area contributed by atoms with Crippen molar-refractivity contribution in [3.05, 3.63) is 47.3 Å². The molecule has 1 aromatic carbocycles. The van der Waals surface area contributed by atoms with Gasteiger partial charge in [0.05, 0.1) is 12.2 Å². The smallest absolute Gasteiger partial charge is 0.270 e. The van der Waals surface area contributed by atoms with Gasteiger partial charge in [-0.2, -0.15) is 5.10 Å². The topological polar surface area (TPSA) is 106 Å². The number of amides is 2. The number of primary amides is 1. The van der Waals surface area contributed by atoms with E-state index in [2.05, 4.69) is 15.4 Å². The van der Waals surface area contributed by atoms with Crippen molar-refractivity contribution in [2.75, 3.05) is 0 Å². The maximum Gasteiger partial charge on any atom is 0.270 e. The van der Waals surface area contributed by atoms with Crippen molar-refractivity contribution < 1.29 is 18.4 Å². The van der Waals surface area contributed by atoms with Crippen LogP contribution in [0, 0.1) is 35.3 Å². The molecule has 1 aliphatic heterocycles. The summed E-state index contributed by atoms with van der Waals surface area (Å²) in [6, 6.07) is 2.83. The third-order valence-electron chi connectivity index (χ3n) is 6.86. The molecule has 2 unspecified atom stereocenters. The van der Waals surface area contributed by atoms with Crippen LogP contribution >= 0.6 is 0 Å². The molecule has 3 saturated carbocycles. The van der Waals surface area contributed by atoms with Crippen LogP contribution in [0.2, 0.25) is 0 Å². The lowest BCUT2D eigenvalue weighted by Crippen LogP contribution is -2.49. The van der Waals surface area contributed by atoms with Crippen molar-refractivity contribution in [2.24, 2.45) is 34.5 Å². The number of carbonyl (C=O) groups excluding carboxylic acids is 2. The van der Waals surface area contributed by atoms with Crippen molar-refractivity contribution >= 4 is 18.0 Å². The molecule has 2 N–H and O–H groups in total. The predicted octanol–water partition coefficient (Wildman–Crippen LogP) is 2.28. The third kappa shape index (κ3) is 3.60. The van der Waals surface area contributed by atoms with Crippen LogP contribution < -0.4 is 5.73 Å². The predicted molar refractivity (Wildman–Crippen MR) is 105 cm³/mol. The number of hydrazone groups is 1. The van der Waals surface area contributed by atoms with E-state index in [1.54, 1.807) is 10.9 Å². The Bertz CT molecular complexity index is 1040. The van der Waals surface area contributed by atoms with E-state index in [-0.39, 0.29) is 23.4 Å². The molecule has 0 spiro atoms. The molecule has 1 aromatic heterocycles. The first-order valence-corrected chi connectivity index (χ1v) is 10.4. The molecule has 10 heteroatoms. The lowest BCUT2D eigenvalue weighted by molar-refractivity contribution is -0.147. The number of nitrogens with two attached hydrogens (primary N) is 1. The Morgan fingerprint density at radius 2 is 1.84 bits per heavy atom. The van der Waals surface area contributed by atoms with Gasteiger partial charge in [-0.15, -0.1) is 5.10 Å². The van der Waals surface area contributed by atoms with E-state index in [1.165, 1.54) is 23.3 Å². The van der Waals surface area contributed by atoms with Crippen molar-refractivity contribution in [1.82, 2.24) is 20.0 Å². The summed E-state index contributed by atoms with van der Waals surface area (Å²) in [6.45, 7) is 0.559. The van der Waals surface area contributed by atoms with Crippen LogP contribution in [0.3, 0.4) is 0 Å². The Morgan fingerprint density at radius 1 is 1.10 bits per heavy atom. The monoisotopic (exact) mass is 428 g/mol. The van der Waals surface area contributed by atoms with Crippen molar-refractivity contribution in [2.45, 2.75) is 38.3 Å². The molecule has 4 aliphatic rings. The van der Waals surface area contributed by atoms with Gasteiger partial charge < -0.3 is 5.73 Å². The third-order valence-corrected chi connectivity index (χ3v) is 6.86. The Morgan fingerprint density at radius 3 is 2.52 bits per heavy atom. The standard InChI is InChI=1S/C21H22F2N6O2/c22-15-5-13(6-16(23)8-15)19-1-2-25-29(19)21(31)17-7-14(11-3-12(17)4-11)9-28-10-18(20(24)30)26-27-28/h2,5-6,8,10-12,14,17,19H,1,3-4,7,9H2,(H2,24,30)/t11?,12?,14?,17-,19?/m0/s1. The fourth-order valence-electron chi connectivity index (χ4n) is 5.24. The van der Waals surface area contributed by atoms with Gasteiger partial charge in [-0.05, 0) is 54.7 Å². The fraction of sp³-hybridized carbons (Fsp3) is 0.476. The van der Waals surface area contributed by atoms with Gasteiger partial charge in [0.15, 0.2) is 5.69 Å². The molecular formula is C21H22F2N6O2. The maximum absolute atomic E-state index is 13.7. The summed E-state index contributed by atoms with van der Waals surface area (Å²) in [5, 5.41) is 13.4. The van der Waals surface area contributed by atoms with Gasteiger partial charge in [0, 0.05) is 31.2 Å². The van der Waals surface area contributed by atoms with Gasteiger partial charge in [-0.1, -0.05) is 5.21 Å². The Balaban J connectivity index is 1.31. The molecule has 31 heavy (non-hydrogen) atoms. The van der Waals surface area contributed by atoms with E-state index < -0.39 is 23.6 Å². The molecule has 2 aromatic rings. The van der Waals surface area contributed by atoms with Crippen LogP contribution in [-0.4, -0.2) is 38.0 Å². The van der Waals surface area contributed by atoms with Crippen LogP contribution in [0.5, 0.6) is 0 Å². The Hall–Kier alpha value is -3.17. The molecule has 162 valence electrons. The van der Waals surface area contributed by atoms with Gasteiger partial charge in [0.2, 0.25) is 5.91 Å². The molecule has 0 saturated heterocycles. The molecule has 0 radical (unpaired) electrons. The Labute approximate surface area is 177 Å². The summed E-state index contributed by atoms with van der Waals surface area (Å²) >= 11 is 0. The highest BCUT2D eigenvalue weighted by Gasteiger charge is 2.50. The average Bonchev–Trinajstić information content (AvgIpc) is 3.35. The average molecular weight is 428 g/mol. The van der Waals surface area contributed by atoms with E-state index >= 15 is 0 Å². The van der Waals surface area contributed by atoms with Crippen LogP contribution in [0.1, 0.15) is 47.8 Å². The van der Waals surface area contributed by atoms with Crippen molar-refractivity contribution in [3.63, 3.8) is 0 Å². The molecule has 8 nitrogen and oxygen atoms in total. The van der Waals surface area contributed by atoms with Crippen LogP contribution in [0.15, 0.2) is 29.5 Å². The van der Waals surface area contributed by atoms with Gasteiger partial charge >= 0.3 is 0 Å². The summed E-state index contributed by atoms with van der Waals surface area (Å²) in [5.74, 6) is -1.25. The number of benzene rings is 1. The summed E-state index contributed by atoms with van der Waals surface area (Å²) in [5.41, 5.74) is 5.76. The fourth-order valence-corrected chi connectivity index (χ4v) is 5.24. The zero-order chi connectivity index (χ0) is 21.7. The quantitative estimate of drug-likeness (QED) is 0.788. The SMILES string of the molecule is NC(=O)c1cn(CC2C[C@H](C(=O)N3N=CCC3c3cc(F)cc(F)c3)C3CC2C3)nn1. The van der Waals surface area contributed by atoms with E-state index in [0.29, 0.717) is 36.8 Å². The van der Waals surface area contributed by atoms with Crippen molar-refractivity contribution in [1.29, 1.82) is 0 Å². The lowest BCUT2D eigenvalue weighted by atomic mass is 9.55. The first-order valence-electron chi connectivity index (χ1n) is 10.4. The van der Waals surface area contributed by atoms with Crippen LogP contribution in [-0.2, 0) is 11.3 Å². The number of hydrogen-bond acceptors (Lipinski definition) is 5. The van der Waals surface area contributed by atoms with Gasteiger partial charge in [-0.25, -0.2) is 13.8 Å². The normalized spacial score (nSPS) is 29.1. The second-order valence-electron chi connectivity index (χ2n) is 8.72. The van der Waals surface area contributed by atoms with E-state index in [9.17, 15) is 18.4 Å². The molecular weight excluding hydrogens is 406 g/mol. The first kappa shape index (κ1) is 19.8. The zero-order valence-corrected chi connectivity index (χ0v) is 16.7. The van der Waals surface area contributed by atoms with Crippen molar-refractivity contribution in [3.8, 4) is 0 Å². The van der Waals surface area contributed by atoms with Crippen LogP contribution in [0.25, 0.3) is 0 Å². The molecule has 2 bridgehead atoms. The molecule has 2 heterocycles. The minimum atomic E-state index is -0.669. The summed E-state index contributed by atoms with van der Waals surface area (Å²) in [7, 11) is 0. The first-order chi connectivity index (χ1) is 14.9. The Kier molecular flexibility index (Phi) is 4.79. The highest BCUT2D eigenvalue weighted by atomic mass is 19.1. The molecule has 3 atom stereocenters. The van der Waals surface area contributed by atoms with Gasteiger partial charge in [0.25, 0.3) is 5.91 Å². The highest BCUT2D eigenvalue weighted by molar-refractivity contribution is 5.90. The number of fused-ring (bicyclic) bond motifs is 2. The highest BCUT2D eigenvalue weighted by Crippen LogP contribution is 2.53. The lowest BCUT2D eigenvalue weighted by Gasteiger charge is -2.51. The zero-order valence-electron chi connectivity index (χ0n) is 16.7. The maximum atomic E-state index is 13.7. The number of aromatic nitrogens is 3. The minimum absolute atomic E-state index is 0.104. The largest absolute Gasteiger partial charge is 0.364 e. The van der Waals surface area contributed by atoms with E-state index in [4.69, 9.17) is 5.73 Å². The number of hydrogen-bond donors (Lipinski definition) is 1. The van der Waals surface area contributed by atoms with E-state index in [1.807, 2.05) is 0 Å². The second kappa shape index (κ2) is 7.51. The van der Waals surface area contributed by atoms with Gasteiger partial charge in [0.1, 0.15) is 11.6 Å². The second-order valence-corrected chi connectivity index (χ2v) is 8.72. The molecule has 2 amide bonds. The van der Waals surface area contributed by atoms with Crippen LogP contribution in [0.4, 0.5) is 8.78 Å². The molecule has 3 aliphatic carbocycles. The van der Waals surface area contributed by atoms with Gasteiger partial charge in [-0.3, -0.25) is 14.3 Å². The minimum Gasteiger partial charge on any atom is -0.364 e. The summed E-state index contributed by atoms with van der Waals surface area (Å²) in [6.07, 6.45) is 6.16. The van der Waals surface area contributed by atoms with E-state index in [0.717, 1.165) is 18.9 Å². The molecule has 3 fully saturated rings. The number of carbonyl (C=O) groups is 2. The molecule has 6 rings (SSSR count). The number of halogens is 2. The summed E-state index contributed by atoms with van der Waals surface area (Å²) in [4.78, 5) is 24.7. The number of nitrogens with zero attached hydrogens (tertiary/aromatic N) is 5. The summed E-state index contributed by atoms with van der Waals surface area (Å²) < 4.78 is 29.0. The number of rotatable bonds is 5.